The number of aryl methyl sites for hydroxylation is 1. The summed E-state index contributed by atoms with van der Waals surface area (Å²) in [7, 11) is 0. The molecule has 1 aromatic carbocycles. The smallest absolute Gasteiger partial charge is 0.259 e. The minimum atomic E-state index is 0.252. The van der Waals surface area contributed by atoms with Gasteiger partial charge in [0.25, 0.3) is 11.8 Å². The first-order valence-electron chi connectivity index (χ1n) is 7.47. The highest BCUT2D eigenvalue weighted by Gasteiger charge is 2.22. The Kier molecular flexibility index (Phi) is 4.21. The number of thiophene rings is 1. The van der Waals surface area contributed by atoms with Gasteiger partial charge in [0, 0.05) is 5.56 Å². The van der Waals surface area contributed by atoms with Crippen LogP contribution in [0.1, 0.15) is 17.2 Å². The maximum atomic E-state index is 6.30. The summed E-state index contributed by atoms with van der Waals surface area (Å²) in [5.74, 6) is 1.18. The molecule has 0 radical (unpaired) electrons. The van der Waals surface area contributed by atoms with Crippen molar-refractivity contribution in [2.75, 3.05) is 0 Å². The topological polar surface area (TPSA) is 65.0 Å². The molecule has 0 fully saturated rings. The quantitative estimate of drug-likeness (QED) is 0.475. The summed E-state index contributed by atoms with van der Waals surface area (Å²) in [6.45, 7) is 1.81. The molecule has 0 unspecified atom stereocenters. The van der Waals surface area contributed by atoms with Gasteiger partial charge in [-0.25, -0.2) is 0 Å². The Morgan fingerprint density at radius 3 is 2.76 bits per heavy atom. The molecule has 0 aliphatic carbocycles. The van der Waals surface area contributed by atoms with E-state index in [0.29, 0.717) is 27.9 Å². The van der Waals surface area contributed by atoms with E-state index in [1.807, 2.05) is 47.2 Å². The average molecular weight is 370 g/mol. The maximum absolute atomic E-state index is 6.30. The third kappa shape index (κ3) is 3.14. The van der Waals surface area contributed by atoms with E-state index in [2.05, 4.69) is 15.4 Å². The first-order valence-corrected chi connectivity index (χ1v) is 8.80. The molecule has 7 heteroatoms. The van der Waals surface area contributed by atoms with Gasteiger partial charge in [0.15, 0.2) is 0 Å². The Hall–Kier alpha value is -2.70. The van der Waals surface area contributed by atoms with Crippen LogP contribution >= 0.6 is 22.9 Å². The van der Waals surface area contributed by atoms with Gasteiger partial charge < -0.3 is 8.94 Å². The summed E-state index contributed by atoms with van der Waals surface area (Å²) < 4.78 is 11.1. The fraction of sp³-hybridized carbons (Fsp3) is 0.0556. The lowest BCUT2D eigenvalue weighted by Crippen LogP contribution is -1.84. The molecule has 0 N–H and O–H groups in total. The van der Waals surface area contributed by atoms with Crippen LogP contribution in [-0.4, -0.2) is 15.4 Å². The van der Waals surface area contributed by atoms with Crippen LogP contribution in [0.25, 0.3) is 33.8 Å². The van der Waals surface area contributed by atoms with E-state index in [9.17, 15) is 0 Å². The fourth-order valence-electron chi connectivity index (χ4n) is 2.40. The number of halogens is 1. The summed E-state index contributed by atoms with van der Waals surface area (Å²) in [5, 5.41) is 16.6. The van der Waals surface area contributed by atoms with Crippen LogP contribution in [0.5, 0.6) is 0 Å². The zero-order valence-corrected chi connectivity index (χ0v) is 14.7. The van der Waals surface area contributed by atoms with Gasteiger partial charge in [-0.3, -0.25) is 0 Å². The molecule has 0 spiro atoms. The molecular weight excluding hydrogens is 358 g/mol. The Balaban J connectivity index is 1.73. The molecule has 0 bridgehead atoms. The first-order chi connectivity index (χ1) is 12.2. The van der Waals surface area contributed by atoms with Crippen molar-refractivity contribution in [1.82, 2.24) is 15.4 Å². The minimum Gasteiger partial charge on any atom is -0.415 e. The summed E-state index contributed by atoms with van der Waals surface area (Å²) in [5.41, 5.74) is 3.23. The van der Waals surface area contributed by atoms with Crippen molar-refractivity contribution in [3.05, 3.63) is 64.4 Å². The molecule has 3 heterocycles. The molecule has 0 aliphatic heterocycles. The highest BCUT2D eigenvalue weighted by Crippen LogP contribution is 2.34. The molecule has 25 heavy (non-hydrogen) atoms. The first kappa shape index (κ1) is 15.8. The third-order valence-corrected chi connectivity index (χ3v) is 4.56. The van der Waals surface area contributed by atoms with Gasteiger partial charge in [-0.05, 0) is 35.4 Å². The summed E-state index contributed by atoms with van der Waals surface area (Å²) in [6.07, 6.45) is 1.79. The lowest BCUT2D eigenvalue weighted by molar-refractivity contribution is 0.399. The summed E-state index contributed by atoms with van der Waals surface area (Å²) in [6, 6.07) is 11.7. The second kappa shape index (κ2) is 6.66. The minimum absolute atomic E-state index is 0.252. The maximum Gasteiger partial charge on any atom is 0.259 e. The highest BCUT2D eigenvalue weighted by atomic mass is 35.5. The average Bonchev–Trinajstić information content (AvgIpc) is 3.36. The molecule has 5 nitrogen and oxygen atoms in total. The van der Waals surface area contributed by atoms with Crippen LogP contribution in [0.2, 0.25) is 0 Å². The molecule has 4 rings (SSSR count). The van der Waals surface area contributed by atoms with E-state index >= 15 is 0 Å². The van der Waals surface area contributed by atoms with Crippen LogP contribution in [0, 0.1) is 6.92 Å². The number of aromatic nitrogens is 3. The Labute approximate surface area is 152 Å². The van der Waals surface area contributed by atoms with Crippen LogP contribution in [0.3, 0.4) is 0 Å². The lowest BCUT2D eigenvalue weighted by atomic mass is 10.1. The van der Waals surface area contributed by atoms with Gasteiger partial charge in [0.1, 0.15) is 22.0 Å². The predicted octanol–water partition coefficient (Wildman–Crippen LogP) is 5.50. The van der Waals surface area contributed by atoms with Crippen molar-refractivity contribution >= 4 is 34.0 Å². The monoisotopic (exact) mass is 369 g/mol. The number of hydrogen-bond donors (Lipinski definition) is 0. The highest BCUT2D eigenvalue weighted by molar-refractivity contribution is 7.08. The summed E-state index contributed by atoms with van der Waals surface area (Å²) >= 11 is 7.89. The van der Waals surface area contributed by atoms with Gasteiger partial charge in [-0.2, -0.15) is 11.3 Å². The van der Waals surface area contributed by atoms with Gasteiger partial charge in [0.05, 0.1) is 0 Å². The largest absolute Gasteiger partial charge is 0.415 e. The van der Waals surface area contributed by atoms with Crippen molar-refractivity contribution in [3.8, 4) is 22.7 Å². The van der Waals surface area contributed by atoms with E-state index in [1.165, 1.54) is 0 Å². The van der Waals surface area contributed by atoms with Crippen molar-refractivity contribution < 1.29 is 8.94 Å². The van der Waals surface area contributed by atoms with E-state index in [1.54, 1.807) is 24.3 Å². The van der Waals surface area contributed by atoms with E-state index < -0.39 is 0 Å². The lowest BCUT2D eigenvalue weighted by Gasteiger charge is -1.98. The number of rotatable bonds is 4. The van der Waals surface area contributed by atoms with E-state index in [-0.39, 0.29) is 5.89 Å². The molecule has 0 atom stereocenters. The molecule has 124 valence electrons. The standard InChI is InChI=1S/C18H12ClN3O2S/c1-11-15(16(22-24-11)13-5-3-2-4-6-13)18-21-20-17(23-18)14(19)9-12-7-8-25-10-12/h2-10H,1H3/b14-9-. The van der Waals surface area contributed by atoms with Gasteiger partial charge >= 0.3 is 0 Å². The van der Waals surface area contributed by atoms with E-state index in [0.717, 1.165) is 11.1 Å². The number of benzene rings is 1. The summed E-state index contributed by atoms with van der Waals surface area (Å²) in [4.78, 5) is 0. The third-order valence-electron chi connectivity index (χ3n) is 3.59. The molecule has 0 amide bonds. The van der Waals surface area contributed by atoms with Crippen molar-refractivity contribution in [1.29, 1.82) is 0 Å². The number of hydrogen-bond acceptors (Lipinski definition) is 6. The molecule has 4 aromatic rings. The zero-order chi connectivity index (χ0) is 17.2. The Bertz CT molecular complexity index is 1020. The van der Waals surface area contributed by atoms with Crippen LogP contribution < -0.4 is 0 Å². The van der Waals surface area contributed by atoms with Gasteiger partial charge in [-0.15, -0.1) is 10.2 Å². The normalized spacial score (nSPS) is 11.8. The molecule has 0 saturated heterocycles. The van der Waals surface area contributed by atoms with Crippen molar-refractivity contribution in [2.45, 2.75) is 6.92 Å². The van der Waals surface area contributed by atoms with Crippen LogP contribution in [-0.2, 0) is 0 Å². The second-order valence-corrected chi connectivity index (χ2v) is 6.48. The predicted molar refractivity (Wildman–Crippen MR) is 98.0 cm³/mol. The molecule has 3 aromatic heterocycles. The van der Waals surface area contributed by atoms with E-state index in [4.69, 9.17) is 20.5 Å². The Morgan fingerprint density at radius 1 is 1.16 bits per heavy atom. The van der Waals surface area contributed by atoms with Crippen molar-refractivity contribution in [3.63, 3.8) is 0 Å². The zero-order valence-electron chi connectivity index (χ0n) is 13.1. The van der Waals surface area contributed by atoms with Crippen LogP contribution in [0.4, 0.5) is 0 Å². The van der Waals surface area contributed by atoms with Crippen LogP contribution in [0.15, 0.2) is 56.1 Å². The molecule has 0 aliphatic rings. The molecule has 0 saturated carbocycles. The Morgan fingerprint density at radius 2 is 2.00 bits per heavy atom. The fourth-order valence-corrected chi connectivity index (χ4v) is 3.22. The molecular formula is C18H12ClN3O2S. The van der Waals surface area contributed by atoms with Gasteiger partial charge in [-0.1, -0.05) is 47.1 Å². The number of nitrogens with zero attached hydrogens (tertiary/aromatic N) is 3. The van der Waals surface area contributed by atoms with Crippen molar-refractivity contribution in [2.24, 2.45) is 0 Å². The second-order valence-electron chi connectivity index (χ2n) is 5.29. The SMILES string of the molecule is Cc1onc(-c2ccccc2)c1-c1nnc(/C(Cl)=C/c2ccsc2)o1. The van der Waals surface area contributed by atoms with Gasteiger partial charge in [0.2, 0.25) is 0 Å².